The summed E-state index contributed by atoms with van der Waals surface area (Å²) in [5, 5.41) is 2.82. The summed E-state index contributed by atoms with van der Waals surface area (Å²) in [5.74, 6) is 0.409. The first-order chi connectivity index (χ1) is 16.5. The lowest BCUT2D eigenvalue weighted by atomic mass is 9.88. The van der Waals surface area contributed by atoms with Crippen molar-refractivity contribution in [3.05, 3.63) is 101 Å². The molecule has 178 valence electrons. The van der Waals surface area contributed by atoms with E-state index in [0.717, 1.165) is 28.0 Å². The number of sulfonamides is 1. The molecule has 1 aliphatic rings. The summed E-state index contributed by atoms with van der Waals surface area (Å²) in [7, 11) is -1.86. The normalized spacial score (nSPS) is 13.9. The van der Waals surface area contributed by atoms with Gasteiger partial charge in [0.1, 0.15) is 5.75 Å². The summed E-state index contributed by atoms with van der Waals surface area (Å²) in [6.07, 6.45) is 0.904. The summed E-state index contributed by atoms with van der Waals surface area (Å²) in [4.78, 5) is 12.8. The second-order valence-electron chi connectivity index (χ2n) is 8.46. The van der Waals surface area contributed by atoms with E-state index in [1.54, 1.807) is 7.11 Å². The van der Waals surface area contributed by atoms with Crippen LogP contribution in [0.25, 0.3) is 0 Å². The Hall–Kier alpha value is -3.16. The number of ether oxygens (including phenoxy) is 1. The fourth-order valence-electron chi connectivity index (χ4n) is 4.37. The molecule has 3 aromatic rings. The molecule has 0 saturated carbocycles. The molecule has 0 spiro atoms. The number of hydrogen-bond acceptors (Lipinski definition) is 4. The number of methoxy groups -OCH3 is 1. The third-order valence-corrected chi connectivity index (χ3v) is 8.08. The van der Waals surface area contributed by atoms with Gasteiger partial charge in [0.25, 0.3) is 0 Å². The van der Waals surface area contributed by atoms with E-state index in [9.17, 15) is 13.2 Å². The molecule has 3 aromatic carbocycles. The van der Waals surface area contributed by atoms with Crippen LogP contribution in [-0.2, 0) is 27.8 Å². The molecular formula is C27H30N2O4S. The van der Waals surface area contributed by atoms with Gasteiger partial charge in [-0.1, -0.05) is 66.7 Å². The highest BCUT2D eigenvalue weighted by Gasteiger charge is 2.27. The first-order valence-electron chi connectivity index (χ1n) is 11.5. The second kappa shape index (κ2) is 10.8. The highest BCUT2D eigenvalue weighted by molar-refractivity contribution is 7.89. The van der Waals surface area contributed by atoms with Crippen LogP contribution in [0.5, 0.6) is 5.75 Å². The molecule has 1 N–H and O–H groups in total. The maximum Gasteiger partial charge on any atom is 0.220 e. The monoisotopic (exact) mass is 478 g/mol. The Bertz CT molecular complexity index is 1170. The van der Waals surface area contributed by atoms with Crippen LogP contribution in [0.15, 0.2) is 78.9 Å². The van der Waals surface area contributed by atoms with Gasteiger partial charge in [-0.3, -0.25) is 4.79 Å². The summed E-state index contributed by atoms with van der Waals surface area (Å²) in [6, 6.07) is 25.5. The quantitative estimate of drug-likeness (QED) is 0.509. The smallest absolute Gasteiger partial charge is 0.220 e. The largest absolute Gasteiger partial charge is 0.497 e. The van der Waals surface area contributed by atoms with Crippen molar-refractivity contribution in [2.75, 3.05) is 26.0 Å². The lowest BCUT2D eigenvalue weighted by Gasteiger charge is -2.28. The Morgan fingerprint density at radius 3 is 2.24 bits per heavy atom. The standard InChI is InChI=1S/C27H30N2O4S/c1-33-25-13-12-24-20-29(16-14-23(24)18-25)34(31,32)17-15-28-27(30)19-26(21-8-4-2-5-9-21)22-10-6-3-7-11-22/h2-13,18,26H,14-17,19-20H2,1H3,(H,28,30). The van der Waals surface area contributed by atoms with Gasteiger partial charge in [0, 0.05) is 32.0 Å². The highest BCUT2D eigenvalue weighted by Crippen LogP contribution is 2.28. The first-order valence-corrected chi connectivity index (χ1v) is 13.1. The van der Waals surface area contributed by atoms with Crippen LogP contribution in [0.4, 0.5) is 0 Å². The lowest BCUT2D eigenvalue weighted by Crippen LogP contribution is -2.40. The predicted molar refractivity (Wildman–Crippen MR) is 133 cm³/mol. The zero-order valence-electron chi connectivity index (χ0n) is 19.3. The molecule has 0 radical (unpaired) electrons. The Kier molecular flexibility index (Phi) is 7.65. The van der Waals surface area contributed by atoms with Gasteiger partial charge in [0.15, 0.2) is 0 Å². The maximum atomic E-state index is 12.9. The Morgan fingerprint density at radius 1 is 0.971 bits per heavy atom. The fourth-order valence-corrected chi connectivity index (χ4v) is 5.70. The molecule has 0 saturated heterocycles. The van der Waals surface area contributed by atoms with Gasteiger partial charge in [-0.15, -0.1) is 0 Å². The van der Waals surface area contributed by atoms with Crippen LogP contribution < -0.4 is 10.1 Å². The molecule has 0 fully saturated rings. The molecule has 0 atom stereocenters. The average molecular weight is 479 g/mol. The van der Waals surface area contributed by atoms with E-state index >= 15 is 0 Å². The third kappa shape index (κ3) is 5.85. The molecule has 1 amide bonds. The third-order valence-electron chi connectivity index (χ3n) is 6.26. The minimum Gasteiger partial charge on any atom is -0.497 e. The second-order valence-corrected chi connectivity index (χ2v) is 10.6. The molecule has 6 nitrogen and oxygen atoms in total. The summed E-state index contributed by atoms with van der Waals surface area (Å²) >= 11 is 0. The highest BCUT2D eigenvalue weighted by atomic mass is 32.2. The van der Waals surface area contributed by atoms with Crippen molar-refractivity contribution in [3.63, 3.8) is 0 Å². The number of rotatable bonds is 9. The minimum absolute atomic E-state index is 0.0867. The van der Waals surface area contributed by atoms with Crippen molar-refractivity contribution < 1.29 is 17.9 Å². The molecule has 4 rings (SSSR count). The molecule has 34 heavy (non-hydrogen) atoms. The Labute approximate surface area is 201 Å². The number of carbonyl (C=O) groups excluding carboxylic acids is 1. The van der Waals surface area contributed by atoms with Gasteiger partial charge in [-0.05, 0) is 40.8 Å². The molecular weight excluding hydrogens is 448 g/mol. The molecule has 0 aliphatic carbocycles. The summed E-state index contributed by atoms with van der Waals surface area (Å²) in [5.41, 5.74) is 4.22. The van der Waals surface area contributed by atoms with Gasteiger partial charge < -0.3 is 10.1 Å². The topological polar surface area (TPSA) is 75.7 Å². The van der Waals surface area contributed by atoms with Gasteiger partial charge in [0.05, 0.1) is 12.9 Å². The van der Waals surface area contributed by atoms with E-state index in [1.807, 2.05) is 78.9 Å². The van der Waals surface area contributed by atoms with Crippen LogP contribution in [0.1, 0.15) is 34.6 Å². The van der Waals surface area contributed by atoms with E-state index in [4.69, 9.17) is 4.74 Å². The number of nitrogens with zero attached hydrogens (tertiary/aromatic N) is 1. The fraction of sp³-hybridized carbons (Fsp3) is 0.296. The van der Waals surface area contributed by atoms with Crippen LogP contribution in [0, 0.1) is 0 Å². The predicted octanol–water partition coefficient (Wildman–Crippen LogP) is 3.72. The molecule has 7 heteroatoms. The summed E-state index contributed by atoms with van der Waals surface area (Å²) in [6.45, 7) is 0.865. The van der Waals surface area contributed by atoms with Crippen LogP contribution in [0.3, 0.4) is 0 Å². The van der Waals surface area contributed by atoms with Crippen molar-refractivity contribution in [2.24, 2.45) is 0 Å². The van der Waals surface area contributed by atoms with Gasteiger partial charge in [-0.2, -0.15) is 4.31 Å². The number of carbonyl (C=O) groups is 1. The molecule has 1 aliphatic heterocycles. The molecule has 1 heterocycles. The zero-order valence-corrected chi connectivity index (χ0v) is 20.1. The van der Waals surface area contributed by atoms with Crippen molar-refractivity contribution in [1.29, 1.82) is 0 Å². The minimum atomic E-state index is -3.48. The average Bonchev–Trinajstić information content (AvgIpc) is 2.87. The number of benzene rings is 3. The summed E-state index contributed by atoms with van der Waals surface area (Å²) < 4.78 is 32.6. The van der Waals surface area contributed by atoms with Gasteiger partial charge in [0.2, 0.25) is 15.9 Å². The van der Waals surface area contributed by atoms with Crippen molar-refractivity contribution in [3.8, 4) is 5.75 Å². The van der Waals surface area contributed by atoms with E-state index in [2.05, 4.69) is 5.32 Å². The van der Waals surface area contributed by atoms with Crippen LogP contribution in [0.2, 0.25) is 0 Å². The van der Waals surface area contributed by atoms with E-state index < -0.39 is 10.0 Å². The van der Waals surface area contributed by atoms with Crippen molar-refractivity contribution in [1.82, 2.24) is 9.62 Å². The lowest BCUT2D eigenvalue weighted by molar-refractivity contribution is -0.121. The SMILES string of the molecule is COc1ccc2c(c1)CCN(S(=O)(=O)CCNC(=O)CC(c1ccccc1)c1ccccc1)C2. The van der Waals surface area contributed by atoms with Crippen LogP contribution in [-0.4, -0.2) is 44.6 Å². The van der Waals surface area contributed by atoms with E-state index in [1.165, 1.54) is 4.31 Å². The number of nitrogens with one attached hydrogen (secondary N) is 1. The number of amides is 1. The zero-order chi connectivity index (χ0) is 24.0. The maximum absolute atomic E-state index is 12.9. The Morgan fingerprint density at radius 2 is 1.62 bits per heavy atom. The van der Waals surface area contributed by atoms with E-state index in [0.29, 0.717) is 19.5 Å². The molecule has 0 unspecified atom stereocenters. The first kappa shape index (κ1) is 24.0. The Balaban J connectivity index is 1.34. The number of fused-ring (bicyclic) bond motifs is 1. The van der Waals surface area contributed by atoms with Gasteiger partial charge in [-0.25, -0.2) is 8.42 Å². The number of hydrogen-bond donors (Lipinski definition) is 1. The van der Waals surface area contributed by atoms with Crippen LogP contribution >= 0.6 is 0 Å². The van der Waals surface area contributed by atoms with Crippen molar-refractivity contribution >= 4 is 15.9 Å². The van der Waals surface area contributed by atoms with E-state index in [-0.39, 0.29) is 30.5 Å². The van der Waals surface area contributed by atoms with Gasteiger partial charge >= 0.3 is 0 Å². The molecule has 0 bridgehead atoms. The molecule has 0 aromatic heterocycles. The van der Waals surface area contributed by atoms with Crippen molar-refractivity contribution in [2.45, 2.75) is 25.3 Å².